The SMILES string of the molecule is CCCC1CC1NC(C)CCc1ccc(OC(F)F)cc1. The highest BCUT2D eigenvalue weighted by atomic mass is 19.3. The number of hydrogen-bond donors (Lipinski definition) is 1. The van der Waals surface area contributed by atoms with Crippen LogP contribution in [0, 0.1) is 5.92 Å². The second-order valence-electron chi connectivity index (χ2n) is 6.02. The maximum absolute atomic E-state index is 12.1. The van der Waals surface area contributed by atoms with Gasteiger partial charge in [-0.05, 0) is 56.2 Å². The molecule has 0 radical (unpaired) electrons. The van der Waals surface area contributed by atoms with Gasteiger partial charge in [0.05, 0.1) is 0 Å². The third kappa shape index (κ3) is 5.62. The van der Waals surface area contributed by atoms with Gasteiger partial charge in [-0.3, -0.25) is 0 Å². The van der Waals surface area contributed by atoms with Crippen molar-refractivity contribution in [2.45, 2.75) is 64.6 Å². The zero-order chi connectivity index (χ0) is 15.2. The van der Waals surface area contributed by atoms with Gasteiger partial charge in [-0.1, -0.05) is 25.5 Å². The van der Waals surface area contributed by atoms with E-state index in [4.69, 9.17) is 0 Å². The summed E-state index contributed by atoms with van der Waals surface area (Å²) in [5, 5.41) is 3.67. The molecule has 3 unspecified atom stereocenters. The van der Waals surface area contributed by atoms with Crippen molar-refractivity contribution in [2.75, 3.05) is 0 Å². The van der Waals surface area contributed by atoms with Crippen molar-refractivity contribution < 1.29 is 13.5 Å². The number of rotatable bonds is 9. The smallest absolute Gasteiger partial charge is 0.387 e. The molecule has 1 saturated carbocycles. The summed E-state index contributed by atoms with van der Waals surface area (Å²) in [6.07, 6.45) is 5.93. The van der Waals surface area contributed by atoms with Crippen LogP contribution in [0.2, 0.25) is 0 Å². The first-order chi connectivity index (χ1) is 10.1. The van der Waals surface area contributed by atoms with Crippen molar-refractivity contribution in [1.29, 1.82) is 0 Å². The van der Waals surface area contributed by atoms with Gasteiger partial charge < -0.3 is 10.1 Å². The Labute approximate surface area is 125 Å². The van der Waals surface area contributed by atoms with E-state index in [1.54, 1.807) is 12.1 Å². The Bertz CT molecular complexity index is 421. The number of halogens is 2. The molecule has 3 atom stereocenters. The number of alkyl halides is 2. The number of ether oxygens (including phenoxy) is 1. The van der Waals surface area contributed by atoms with Crippen LogP contribution in [0.1, 0.15) is 45.1 Å². The molecule has 1 N–H and O–H groups in total. The molecule has 1 aromatic rings. The Morgan fingerprint density at radius 3 is 2.62 bits per heavy atom. The second kappa shape index (κ2) is 7.74. The van der Waals surface area contributed by atoms with Crippen LogP contribution in [0.25, 0.3) is 0 Å². The summed E-state index contributed by atoms with van der Waals surface area (Å²) in [7, 11) is 0. The number of nitrogens with one attached hydrogen (secondary N) is 1. The number of hydrogen-bond acceptors (Lipinski definition) is 2. The van der Waals surface area contributed by atoms with E-state index >= 15 is 0 Å². The summed E-state index contributed by atoms with van der Waals surface area (Å²) in [6, 6.07) is 8.15. The van der Waals surface area contributed by atoms with Crippen LogP contribution < -0.4 is 10.1 Å². The molecular weight excluding hydrogens is 272 g/mol. The summed E-state index contributed by atoms with van der Waals surface area (Å²) in [4.78, 5) is 0. The van der Waals surface area contributed by atoms with Gasteiger partial charge in [-0.2, -0.15) is 8.78 Å². The molecule has 1 aromatic carbocycles. The largest absolute Gasteiger partial charge is 0.435 e. The Morgan fingerprint density at radius 2 is 2.00 bits per heavy atom. The average molecular weight is 297 g/mol. The van der Waals surface area contributed by atoms with E-state index in [2.05, 4.69) is 23.9 Å². The minimum absolute atomic E-state index is 0.223. The Morgan fingerprint density at radius 1 is 1.29 bits per heavy atom. The van der Waals surface area contributed by atoms with Crippen LogP contribution >= 0.6 is 0 Å². The molecule has 2 rings (SSSR count). The van der Waals surface area contributed by atoms with Gasteiger partial charge in [-0.25, -0.2) is 0 Å². The zero-order valence-electron chi connectivity index (χ0n) is 12.8. The Balaban J connectivity index is 1.68. The minimum atomic E-state index is -2.75. The zero-order valence-corrected chi connectivity index (χ0v) is 12.8. The van der Waals surface area contributed by atoms with Crippen molar-refractivity contribution in [3.63, 3.8) is 0 Å². The highest BCUT2D eigenvalue weighted by Gasteiger charge is 2.36. The second-order valence-corrected chi connectivity index (χ2v) is 6.02. The van der Waals surface area contributed by atoms with Crippen LogP contribution in [0.5, 0.6) is 5.75 Å². The fraction of sp³-hybridized carbons (Fsp3) is 0.647. The lowest BCUT2D eigenvalue weighted by atomic mass is 10.1. The van der Waals surface area contributed by atoms with E-state index < -0.39 is 6.61 Å². The van der Waals surface area contributed by atoms with E-state index in [1.807, 2.05) is 12.1 Å². The van der Waals surface area contributed by atoms with Gasteiger partial charge in [0.15, 0.2) is 0 Å². The molecule has 0 saturated heterocycles. The Kier molecular flexibility index (Phi) is 5.97. The first kappa shape index (κ1) is 16.2. The lowest BCUT2D eigenvalue weighted by Crippen LogP contribution is -2.29. The number of benzene rings is 1. The molecule has 1 fully saturated rings. The highest BCUT2D eigenvalue weighted by molar-refractivity contribution is 5.27. The van der Waals surface area contributed by atoms with Crippen LogP contribution in [-0.2, 0) is 6.42 Å². The summed E-state index contributed by atoms with van der Waals surface area (Å²) in [5.74, 6) is 1.10. The van der Waals surface area contributed by atoms with Crippen molar-refractivity contribution >= 4 is 0 Å². The molecule has 0 bridgehead atoms. The minimum Gasteiger partial charge on any atom is -0.435 e. The van der Waals surface area contributed by atoms with Crippen molar-refractivity contribution in [3.8, 4) is 5.75 Å². The van der Waals surface area contributed by atoms with Gasteiger partial charge in [0.1, 0.15) is 5.75 Å². The average Bonchev–Trinajstić information content (AvgIpc) is 3.15. The molecule has 118 valence electrons. The first-order valence-corrected chi connectivity index (χ1v) is 7.88. The molecular formula is C17H25F2NO. The summed E-state index contributed by atoms with van der Waals surface area (Å²) >= 11 is 0. The predicted octanol–water partition coefficient (Wildman–Crippen LogP) is 4.39. The highest BCUT2D eigenvalue weighted by Crippen LogP contribution is 2.35. The molecule has 0 spiro atoms. The lowest BCUT2D eigenvalue weighted by molar-refractivity contribution is -0.0498. The molecule has 2 nitrogen and oxygen atoms in total. The summed E-state index contributed by atoms with van der Waals surface area (Å²) in [5.41, 5.74) is 1.16. The number of aryl methyl sites for hydroxylation is 1. The monoisotopic (exact) mass is 297 g/mol. The van der Waals surface area contributed by atoms with E-state index in [1.165, 1.54) is 19.3 Å². The van der Waals surface area contributed by atoms with E-state index in [-0.39, 0.29) is 5.75 Å². The lowest BCUT2D eigenvalue weighted by Gasteiger charge is -2.14. The molecule has 1 aliphatic carbocycles. The van der Waals surface area contributed by atoms with Crippen LogP contribution in [0.4, 0.5) is 8.78 Å². The van der Waals surface area contributed by atoms with Crippen LogP contribution in [0.15, 0.2) is 24.3 Å². The van der Waals surface area contributed by atoms with Gasteiger partial charge in [-0.15, -0.1) is 0 Å². The van der Waals surface area contributed by atoms with E-state index in [9.17, 15) is 8.78 Å². The Hall–Kier alpha value is -1.16. The fourth-order valence-electron chi connectivity index (χ4n) is 2.81. The third-order valence-corrected chi connectivity index (χ3v) is 4.10. The molecule has 1 aliphatic rings. The van der Waals surface area contributed by atoms with Crippen molar-refractivity contribution in [3.05, 3.63) is 29.8 Å². The topological polar surface area (TPSA) is 21.3 Å². The van der Waals surface area contributed by atoms with Gasteiger partial charge in [0.25, 0.3) is 0 Å². The first-order valence-electron chi connectivity index (χ1n) is 7.88. The van der Waals surface area contributed by atoms with E-state index in [0.717, 1.165) is 24.3 Å². The van der Waals surface area contributed by atoms with Crippen LogP contribution in [-0.4, -0.2) is 18.7 Å². The molecule has 4 heteroatoms. The fourth-order valence-corrected chi connectivity index (χ4v) is 2.81. The summed E-state index contributed by atoms with van der Waals surface area (Å²) < 4.78 is 28.5. The quantitative estimate of drug-likeness (QED) is 0.730. The molecule has 21 heavy (non-hydrogen) atoms. The van der Waals surface area contributed by atoms with Gasteiger partial charge in [0.2, 0.25) is 0 Å². The maximum atomic E-state index is 12.1. The molecule has 0 aromatic heterocycles. The van der Waals surface area contributed by atoms with E-state index in [0.29, 0.717) is 12.1 Å². The van der Waals surface area contributed by atoms with Crippen molar-refractivity contribution in [2.24, 2.45) is 5.92 Å². The van der Waals surface area contributed by atoms with Gasteiger partial charge >= 0.3 is 6.61 Å². The van der Waals surface area contributed by atoms with Crippen molar-refractivity contribution in [1.82, 2.24) is 5.32 Å². The van der Waals surface area contributed by atoms with Gasteiger partial charge in [0, 0.05) is 12.1 Å². The standard InChI is InChI=1S/C17H25F2NO/c1-3-4-14-11-16(14)20-12(2)5-6-13-7-9-15(10-8-13)21-17(18)19/h7-10,12,14,16-17,20H,3-6,11H2,1-2H3. The normalized spacial score (nSPS) is 22.3. The molecule has 0 heterocycles. The molecule has 0 aliphatic heterocycles. The summed E-state index contributed by atoms with van der Waals surface area (Å²) in [6.45, 7) is 1.70. The maximum Gasteiger partial charge on any atom is 0.387 e. The predicted molar refractivity (Wildman–Crippen MR) is 80.8 cm³/mol. The third-order valence-electron chi connectivity index (χ3n) is 4.10. The molecule has 0 amide bonds. The van der Waals surface area contributed by atoms with Crippen LogP contribution in [0.3, 0.4) is 0 Å².